The van der Waals surface area contributed by atoms with E-state index in [1.54, 1.807) is 0 Å². The number of hydrogen-bond donors (Lipinski definition) is 2. The van der Waals surface area contributed by atoms with Gasteiger partial charge in [-0.2, -0.15) is 0 Å². The van der Waals surface area contributed by atoms with E-state index in [4.69, 9.17) is 0 Å². The van der Waals surface area contributed by atoms with E-state index in [2.05, 4.69) is 53.1 Å². The highest BCUT2D eigenvalue weighted by atomic mass is 32.1. The molecule has 20 heavy (non-hydrogen) atoms. The fraction of sp³-hybridized carbons (Fsp3) is 0.267. The van der Waals surface area contributed by atoms with Crippen LogP contribution in [-0.2, 0) is 20.1 Å². The number of hydrogen-bond acceptors (Lipinski definition) is 3. The van der Waals surface area contributed by atoms with Crippen LogP contribution in [0.1, 0.15) is 17.0 Å². The minimum Gasteiger partial charge on any atom is -0.346 e. The topological polar surface area (TPSA) is 49.8 Å². The minimum absolute atomic E-state index is 0.00239. The average Bonchev–Trinajstić information content (AvgIpc) is 2.97. The lowest BCUT2D eigenvalue weighted by Crippen LogP contribution is -2.16. The molecule has 0 bridgehead atoms. The van der Waals surface area contributed by atoms with Crippen LogP contribution in [0.3, 0.4) is 0 Å². The summed E-state index contributed by atoms with van der Waals surface area (Å²) in [5, 5.41) is 6.56. The Hall–Kier alpha value is -1.85. The molecule has 0 atom stereocenters. The predicted molar refractivity (Wildman–Crippen MR) is 83.1 cm³/mol. The Morgan fingerprint density at radius 2 is 2.10 bits per heavy atom. The maximum Gasteiger partial charge on any atom is 0.304 e. The smallest absolute Gasteiger partial charge is 0.304 e. The van der Waals surface area contributed by atoms with Crippen molar-refractivity contribution in [3.8, 4) is 0 Å². The Labute approximate surface area is 121 Å². The summed E-state index contributed by atoms with van der Waals surface area (Å²) in [6.45, 7) is 3.63. The Bertz CT molecular complexity index is 758. The van der Waals surface area contributed by atoms with Gasteiger partial charge in [-0.3, -0.25) is 4.79 Å². The van der Waals surface area contributed by atoms with Crippen LogP contribution in [0.15, 0.2) is 34.4 Å². The van der Waals surface area contributed by atoms with Gasteiger partial charge in [-0.05, 0) is 18.6 Å². The van der Waals surface area contributed by atoms with Crippen LogP contribution in [0, 0.1) is 6.92 Å². The minimum atomic E-state index is 0.00239. The summed E-state index contributed by atoms with van der Waals surface area (Å²) < 4.78 is 2.23. The highest BCUT2D eigenvalue weighted by molar-refractivity contribution is 7.07. The number of aryl methyl sites for hydroxylation is 2. The van der Waals surface area contributed by atoms with Crippen LogP contribution in [0.2, 0.25) is 0 Å². The normalized spacial score (nSPS) is 11.3. The number of aromatic amines is 1. The Kier molecular flexibility index (Phi) is 3.46. The number of H-pyrrole nitrogens is 1. The molecule has 0 aliphatic carbocycles. The van der Waals surface area contributed by atoms with Gasteiger partial charge in [-0.1, -0.05) is 29.5 Å². The van der Waals surface area contributed by atoms with Gasteiger partial charge in [-0.15, -0.1) is 0 Å². The van der Waals surface area contributed by atoms with Gasteiger partial charge in [0.25, 0.3) is 0 Å². The lowest BCUT2D eigenvalue weighted by molar-refractivity contribution is 0.648. The second kappa shape index (κ2) is 5.26. The fourth-order valence-electron chi connectivity index (χ4n) is 2.60. The molecule has 104 valence electrons. The first-order valence-electron chi connectivity index (χ1n) is 6.57. The molecule has 3 rings (SSSR count). The standard InChI is InChI=1S/C15H17N3OS/c1-10-12-5-3-4-6-13(12)18(2)14(10)8-16-7-11-9-20-15(19)17-11/h3-6,9,16H,7-8H2,1-2H3,(H,17,19). The highest BCUT2D eigenvalue weighted by Crippen LogP contribution is 2.24. The van der Waals surface area contributed by atoms with Crippen molar-refractivity contribution in [2.24, 2.45) is 7.05 Å². The van der Waals surface area contributed by atoms with Crippen molar-refractivity contribution in [1.82, 2.24) is 14.9 Å². The summed E-state index contributed by atoms with van der Waals surface area (Å²) >= 11 is 1.20. The molecule has 0 aliphatic heterocycles. The summed E-state index contributed by atoms with van der Waals surface area (Å²) in [4.78, 5) is 13.9. The van der Waals surface area contributed by atoms with Gasteiger partial charge < -0.3 is 14.9 Å². The Morgan fingerprint density at radius 1 is 1.30 bits per heavy atom. The third-order valence-corrected chi connectivity index (χ3v) is 4.40. The number of benzene rings is 1. The number of thiazole rings is 1. The van der Waals surface area contributed by atoms with E-state index in [-0.39, 0.29) is 4.87 Å². The molecule has 0 amide bonds. The summed E-state index contributed by atoms with van der Waals surface area (Å²) in [7, 11) is 2.10. The molecule has 0 unspecified atom stereocenters. The zero-order chi connectivity index (χ0) is 14.1. The van der Waals surface area contributed by atoms with Crippen molar-refractivity contribution in [2.45, 2.75) is 20.0 Å². The van der Waals surface area contributed by atoms with E-state index in [9.17, 15) is 4.79 Å². The van der Waals surface area contributed by atoms with Gasteiger partial charge in [0.05, 0.1) is 0 Å². The zero-order valence-electron chi connectivity index (χ0n) is 11.6. The second-order valence-corrected chi connectivity index (χ2v) is 5.77. The Balaban J connectivity index is 1.79. The van der Waals surface area contributed by atoms with Gasteiger partial charge in [0.2, 0.25) is 0 Å². The first kappa shape index (κ1) is 13.1. The molecule has 0 fully saturated rings. The molecule has 0 saturated heterocycles. The quantitative estimate of drug-likeness (QED) is 0.774. The maximum atomic E-state index is 11.1. The monoisotopic (exact) mass is 287 g/mol. The number of para-hydroxylation sites is 1. The average molecular weight is 287 g/mol. The van der Waals surface area contributed by atoms with Crippen molar-refractivity contribution >= 4 is 22.2 Å². The molecular formula is C15H17N3OS. The predicted octanol–water partition coefficient (Wildman–Crippen LogP) is 2.53. The van der Waals surface area contributed by atoms with E-state index in [1.807, 2.05) is 5.38 Å². The SMILES string of the molecule is Cc1c(CNCc2csc(=O)[nH]2)n(C)c2ccccc12. The van der Waals surface area contributed by atoms with Gasteiger partial charge in [0.15, 0.2) is 0 Å². The van der Waals surface area contributed by atoms with Crippen LogP contribution < -0.4 is 10.2 Å². The number of fused-ring (bicyclic) bond motifs is 1. The number of rotatable bonds is 4. The zero-order valence-corrected chi connectivity index (χ0v) is 12.4. The number of aromatic nitrogens is 2. The first-order valence-corrected chi connectivity index (χ1v) is 7.45. The largest absolute Gasteiger partial charge is 0.346 e. The van der Waals surface area contributed by atoms with Crippen LogP contribution in [0.5, 0.6) is 0 Å². The molecule has 0 spiro atoms. The van der Waals surface area contributed by atoms with Crippen molar-refractivity contribution in [3.63, 3.8) is 0 Å². The molecule has 0 aliphatic rings. The number of nitrogens with zero attached hydrogens (tertiary/aromatic N) is 1. The second-order valence-electron chi connectivity index (χ2n) is 4.92. The first-order chi connectivity index (χ1) is 9.66. The van der Waals surface area contributed by atoms with E-state index < -0.39 is 0 Å². The molecular weight excluding hydrogens is 270 g/mol. The molecule has 2 N–H and O–H groups in total. The van der Waals surface area contributed by atoms with Crippen molar-refractivity contribution in [2.75, 3.05) is 0 Å². The van der Waals surface area contributed by atoms with Gasteiger partial charge in [-0.25, -0.2) is 0 Å². The van der Waals surface area contributed by atoms with Crippen LogP contribution in [0.25, 0.3) is 10.9 Å². The summed E-state index contributed by atoms with van der Waals surface area (Å²) in [5.74, 6) is 0. The molecule has 4 nitrogen and oxygen atoms in total. The van der Waals surface area contributed by atoms with Gasteiger partial charge >= 0.3 is 4.87 Å². The van der Waals surface area contributed by atoms with Gasteiger partial charge in [0, 0.05) is 47.8 Å². The lowest BCUT2D eigenvalue weighted by Gasteiger charge is -2.07. The third kappa shape index (κ3) is 2.30. The van der Waals surface area contributed by atoms with Gasteiger partial charge in [0.1, 0.15) is 0 Å². The molecule has 3 aromatic rings. The van der Waals surface area contributed by atoms with Crippen LogP contribution in [-0.4, -0.2) is 9.55 Å². The van der Waals surface area contributed by atoms with E-state index in [0.717, 1.165) is 12.2 Å². The molecule has 2 heterocycles. The van der Waals surface area contributed by atoms with E-state index >= 15 is 0 Å². The third-order valence-electron chi connectivity index (χ3n) is 3.69. The number of nitrogens with one attached hydrogen (secondary N) is 2. The van der Waals surface area contributed by atoms with Crippen LogP contribution >= 0.6 is 11.3 Å². The van der Waals surface area contributed by atoms with E-state index in [1.165, 1.54) is 33.5 Å². The highest BCUT2D eigenvalue weighted by Gasteiger charge is 2.10. The molecule has 1 aromatic carbocycles. The van der Waals surface area contributed by atoms with E-state index in [0.29, 0.717) is 6.54 Å². The summed E-state index contributed by atoms with van der Waals surface area (Å²) in [6, 6.07) is 8.43. The lowest BCUT2D eigenvalue weighted by atomic mass is 10.1. The Morgan fingerprint density at radius 3 is 2.80 bits per heavy atom. The summed E-state index contributed by atoms with van der Waals surface area (Å²) in [6.07, 6.45) is 0. The van der Waals surface area contributed by atoms with Crippen molar-refractivity contribution in [1.29, 1.82) is 0 Å². The van der Waals surface area contributed by atoms with Crippen molar-refractivity contribution < 1.29 is 0 Å². The maximum absolute atomic E-state index is 11.1. The molecule has 5 heteroatoms. The summed E-state index contributed by atoms with van der Waals surface area (Å²) in [5.41, 5.74) is 4.79. The van der Waals surface area contributed by atoms with Crippen LogP contribution in [0.4, 0.5) is 0 Å². The van der Waals surface area contributed by atoms with Crippen molar-refractivity contribution in [3.05, 3.63) is 56.3 Å². The fourth-order valence-corrected chi connectivity index (χ4v) is 3.18. The molecule has 2 aromatic heterocycles. The molecule has 0 saturated carbocycles. The molecule has 0 radical (unpaired) electrons.